The molecule has 0 fully saturated rings. The van der Waals surface area contributed by atoms with E-state index in [2.05, 4.69) is 20.1 Å². The first kappa shape index (κ1) is 19.0. The van der Waals surface area contributed by atoms with E-state index in [0.29, 0.717) is 27.5 Å². The number of rotatable bonds is 5. The first-order valence-electron chi connectivity index (χ1n) is 8.55. The fourth-order valence-corrected chi connectivity index (χ4v) is 2.93. The summed E-state index contributed by atoms with van der Waals surface area (Å²) in [4.78, 5) is 23.4. The largest absolute Gasteiger partial charge is 0.459 e. The van der Waals surface area contributed by atoms with E-state index in [4.69, 9.17) is 16.3 Å². The van der Waals surface area contributed by atoms with Crippen molar-refractivity contribution in [1.29, 1.82) is 0 Å². The number of aromatic amines is 1. The zero-order valence-electron chi connectivity index (χ0n) is 15.1. The number of alkyl halides is 2. The van der Waals surface area contributed by atoms with Gasteiger partial charge in [0.25, 0.3) is 12.4 Å². The Morgan fingerprint density at radius 2 is 1.97 bits per heavy atom. The van der Waals surface area contributed by atoms with Crippen molar-refractivity contribution in [2.24, 2.45) is 0 Å². The highest BCUT2D eigenvalue weighted by molar-refractivity contribution is 6.30. The summed E-state index contributed by atoms with van der Waals surface area (Å²) in [6.07, 6.45) is -1.02. The topological polar surface area (TPSA) is 85.2 Å². The van der Waals surface area contributed by atoms with Crippen LogP contribution in [0.2, 0.25) is 5.02 Å². The van der Waals surface area contributed by atoms with Crippen LogP contribution in [0.3, 0.4) is 0 Å². The van der Waals surface area contributed by atoms with Gasteiger partial charge in [0.15, 0.2) is 12.3 Å². The van der Waals surface area contributed by atoms with Crippen molar-refractivity contribution in [3.05, 3.63) is 63.7 Å². The molecule has 0 bridgehead atoms. The van der Waals surface area contributed by atoms with Crippen molar-refractivity contribution < 1.29 is 13.5 Å². The molecule has 0 aliphatic heterocycles. The standard InChI is InChI=1S/C19H14ClF2N5O2/c1-10-2-7-13(23-8-10)16-15(11-3-5-12(20)6-4-11)17-24-18(29-9-14(21)22)25-19(28)27(17)26-16/h2-8,14H,9H2,1H3,(H,24,25,28). The number of nitrogens with zero attached hydrogens (tertiary/aromatic N) is 4. The van der Waals surface area contributed by atoms with Crippen LogP contribution in [0.4, 0.5) is 8.78 Å². The molecule has 1 N–H and O–H groups in total. The second-order valence-corrected chi connectivity index (χ2v) is 6.67. The van der Waals surface area contributed by atoms with E-state index in [1.165, 1.54) is 0 Å². The van der Waals surface area contributed by atoms with Crippen LogP contribution >= 0.6 is 11.6 Å². The minimum Gasteiger partial charge on any atom is -0.459 e. The highest BCUT2D eigenvalue weighted by Gasteiger charge is 2.21. The fraction of sp³-hybridized carbons (Fsp3) is 0.158. The van der Waals surface area contributed by atoms with Crippen LogP contribution in [0.15, 0.2) is 47.4 Å². The van der Waals surface area contributed by atoms with E-state index < -0.39 is 18.7 Å². The highest BCUT2D eigenvalue weighted by atomic mass is 35.5. The summed E-state index contributed by atoms with van der Waals surface area (Å²) in [6.45, 7) is 1.01. The van der Waals surface area contributed by atoms with Gasteiger partial charge in [-0.1, -0.05) is 29.8 Å². The van der Waals surface area contributed by atoms with Gasteiger partial charge in [-0.25, -0.2) is 13.6 Å². The molecule has 3 aromatic heterocycles. The Kier molecular flexibility index (Phi) is 4.98. The Balaban J connectivity index is 1.97. The summed E-state index contributed by atoms with van der Waals surface area (Å²) in [5.41, 5.74) is 2.57. The minimum atomic E-state index is -2.70. The lowest BCUT2D eigenvalue weighted by Gasteiger charge is -2.06. The summed E-state index contributed by atoms with van der Waals surface area (Å²) in [6, 6.07) is 10.2. The second-order valence-electron chi connectivity index (χ2n) is 6.24. The molecule has 3 heterocycles. The molecule has 148 valence electrons. The number of halogens is 3. The monoisotopic (exact) mass is 417 g/mol. The third-order valence-corrected chi connectivity index (χ3v) is 4.36. The van der Waals surface area contributed by atoms with E-state index >= 15 is 0 Å². The number of ether oxygens (including phenoxy) is 1. The van der Waals surface area contributed by atoms with Crippen LogP contribution in [0.25, 0.3) is 28.2 Å². The lowest BCUT2D eigenvalue weighted by atomic mass is 10.0. The number of hydrogen-bond acceptors (Lipinski definition) is 5. The SMILES string of the molecule is Cc1ccc(-c2nn3c(=O)[nH]c(OCC(F)F)nc3c2-c2ccc(Cl)cc2)nc1. The smallest absolute Gasteiger partial charge is 0.352 e. The number of hydrogen-bond donors (Lipinski definition) is 1. The van der Waals surface area contributed by atoms with Gasteiger partial charge in [0, 0.05) is 11.2 Å². The molecule has 4 aromatic rings. The van der Waals surface area contributed by atoms with Crippen LogP contribution in [-0.4, -0.2) is 37.6 Å². The molecule has 0 amide bonds. The predicted octanol–water partition coefficient (Wildman–Crippen LogP) is 3.75. The lowest BCUT2D eigenvalue weighted by Crippen LogP contribution is -2.21. The van der Waals surface area contributed by atoms with Crippen LogP contribution in [0.1, 0.15) is 5.56 Å². The van der Waals surface area contributed by atoms with Crippen molar-refractivity contribution in [2.45, 2.75) is 13.3 Å². The van der Waals surface area contributed by atoms with Crippen molar-refractivity contribution in [1.82, 2.24) is 24.6 Å². The zero-order chi connectivity index (χ0) is 20.5. The number of benzene rings is 1. The third-order valence-electron chi connectivity index (χ3n) is 4.11. The summed E-state index contributed by atoms with van der Waals surface area (Å²) in [5.74, 6) is 0. The molecule has 0 unspecified atom stereocenters. The molecule has 10 heteroatoms. The first-order valence-corrected chi connectivity index (χ1v) is 8.93. The molecule has 0 aliphatic rings. The maximum Gasteiger partial charge on any atom is 0.352 e. The molecule has 0 atom stereocenters. The van der Waals surface area contributed by atoms with Crippen LogP contribution in [-0.2, 0) is 0 Å². The number of fused-ring (bicyclic) bond motifs is 1. The van der Waals surface area contributed by atoms with Crippen LogP contribution in [0.5, 0.6) is 6.01 Å². The molecule has 0 saturated carbocycles. The van der Waals surface area contributed by atoms with Crippen molar-refractivity contribution in [2.75, 3.05) is 6.61 Å². The number of aromatic nitrogens is 5. The van der Waals surface area contributed by atoms with Gasteiger partial charge in [-0.05, 0) is 36.2 Å². The lowest BCUT2D eigenvalue weighted by molar-refractivity contribution is 0.0768. The van der Waals surface area contributed by atoms with Crippen LogP contribution in [0, 0.1) is 6.92 Å². The molecular weight excluding hydrogens is 404 g/mol. The number of pyridine rings is 1. The second kappa shape index (κ2) is 7.59. The fourth-order valence-electron chi connectivity index (χ4n) is 2.80. The zero-order valence-corrected chi connectivity index (χ0v) is 15.8. The quantitative estimate of drug-likeness (QED) is 0.534. The van der Waals surface area contributed by atoms with Gasteiger partial charge >= 0.3 is 5.69 Å². The van der Waals surface area contributed by atoms with E-state index in [1.54, 1.807) is 36.5 Å². The molecule has 0 aliphatic carbocycles. The van der Waals surface area contributed by atoms with Gasteiger partial charge in [-0.2, -0.15) is 14.6 Å². The average Bonchev–Trinajstić information content (AvgIpc) is 3.07. The Morgan fingerprint density at radius 1 is 1.21 bits per heavy atom. The molecule has 4 rings (SSSR count). The van der Waals surface area contributed by atoms with E-state index in [-0.39, 0.29) is 11.7 Å². The summed E-state index contributed by atoms with van der Waals surface area (Å²) < 4.78 is 30.9. The molecule has 0 saturated heterocycles. The van der Waals surface area contributed by atoms with E-state index in [9.17, 15) is 13.6 Å². The van der Waals surface area contributed by atoms with Gasteiger partial charge in [0.1, 0.15) is 5.69 Å². The van der Waals surface area contributed by atoms with E-state index in [0.717, 1.165) is 10.1 Å². The molecule has 1 aromatic carbocycles. The summed E-state index contributed by atoms with van der Waals surface area (Å²) in [7, 11) is 0. The minimum absolute atomic E-state index is 0.151. The van der Waals surface area contributed by atoms with Crippen LogP contribution < -0.4 is 10.4 Å². The summed E-state index contributed by atoms with van der Waals surface area (Å²) in [5, 5.41) is 4.89. The molecule has 0 radical (unpaired) electrons. The molecular formula is C19H14ClF2N5O2. The van der Waals surface area contributed by atoms with Gasteiger partial charge < -0.3 is 4.74 Å². The van der Waals surface area contributed by atoms with Gasteiger partial charge in [0.2, 0.25) is 0 Å². The number of nitrogens with one attached hydrogen (secondary N) is 1. The maximum atomic E-state index is 12.5. The first-order chi connectivity index (χ1) is 13.9. The molecule has 29 heavy (non-hydrogen) atoms. The Labute approximate surface area is 168 Å². The van der Waals surface area contributed by atoms with E-state index in [1.807, 2.05) is 13.0 Å². The Morgan fingerprint density at radius 3 is 2.62 bits per heavy atom. The Bertz CT molecular complexity index is 1220. The van der Waals surface area contributed by atoms with Crippen molar-refractivity contribution in [3.8, 4) is 28.5 Å². The van der Waals surface area contributed by atoms with Crippen molar-refractivity contribution >= 4 is 17.2 Å². The van der Waals surface area contributed by atoms with Gasteiger partial charge in [-0.15, -0.1) is 0 Å². The van der Waals surface area contributed by atoms with Gasteiger partial charge in [0.05, 0.1) is 11.3 Å². The molecule has 0 spiro atoms. The van der Waals surface area contributed by atoms with Gasteiger partial charge in [-0.3, -0.25) is 9.97 Å². The average molecular weight is 418 g/mol. The van der Waals surface area contributed by atoms with Crippen molar-refractivity contribution in [3.63, 3.8) is 0 Å². The Hall–Kier alpha value is -3.33. The number of H-pyrrole nitrogens is 1. The maximum absolute atomic E-state index is 12.5. The third kappa shape index (κ3) is 3.81. The summed E-state index contributed by atoms with van der Waals surface area (Å²) >= 11 is 5.99. The normalized spacial score (nSPS) is 11.3. The highest BCUT2D eigenvalue weighted by Crippen LogP contribution is 2.34. The number of aryl methyl sites for hydroxylation is 1. The molecule has 7 nitrogen and oxygen atoms in total. The predicted molar refractivity (Wildman–Crippen MR) is 104 cm³/mol.